The Kier molecular flexibility index (Phi) is 6.67. The molecule has 2 aliphatic rings. The van der Waals surface area contributed by atoms with Gasteiger partial charge in [-0.1, -0.05) is 134 Å². The Labute approximate surface area is 291 Å². The number of fused-ring (bicyclic) bond motifs is 5. The molecule has 2 heterocycles. The van der Waals surface area contributed by atoms with Crippen molar-refractivity contribution >= 4 is 48.8 Å². The molecule has 1 unspecified atom stereocenters. The number of rotatable bonds is 4. The summed E-state index contributed by atoms with van der Waals surface area (Å²) < 4.78 is 0. The second-order valence-corrected chi connectivity index (χ2v) is 13.4. The standard InChI is InChI=1S/C48H32N2/c1-3-11-33-25-37(19-17-31(33)9-1)47-41-14-6-7-15-42(41)48(38-20-18-32-10-2-4-12-34(32)26-38)44-28-35(21-23-43(44)47)39-22-24-46(49-29-39)40-27-36-13-5-8-16-45(36)50-30-40/h1-24,26-30,33H,25H2. The first-order valence-electron chi connectivity index (χ1n) is 17.3. The van der Waals surface area contributed by atoms with Crippen LogP contribution in [-0.2, 0) is 0 Å². The molecule has 0 saturated heterocycles. The SMILES string of the molecule is C1=CC2=CC=C(c3c4ccccc4c(-c4ccc5ccccc5c4)c4cc(-c5ccc(-c6cnc7ccccc7c6)nc5)ccc34)CC2C=C1. The van der Waals surface area contributed by atoms with Gasteiger partial charge >= 0.3 is 0 Å². The highest BCUT2D eigenvalue weighted by atomic mass is 14.7. The van der Waals surface area contributed by atoms with E-state index < -0.39 is 0 Å². The van der Waals surface area contributed by atoms with Crippen molar-refractivity contribution in [1.82, 2.24) is 9.97 Å². The van der Waals surface area contributed by atoms with Crippen molar-refractivity contribution in [2.24, 2.45) is 5.92 Å². The van der Waals surface area contributed by atoms with E-state index in [4.69, 9.17) is 4.98 Å². The molecule has 50 heavy (non-hydrogen) atoms. The van der Waals surface area contributed by atoms with E-state index in [9.17, 15) is 0 Å². The van der Waals surface area contributed by atoms with Crippen LogP contribution >= 0.6 is 0 Å². The highest BCUT2D eigenvalue weighted by Crippen LogP contribution is 2.46. The van der Waals surface area contributed by atoms with Crippen molar-refractivity contribution in [3.05, 3.63) is 187 Å². The van der Waals surface area contributed by atoms with Gasteiger partial charge in [0.15, 0.2) is 0 Å². The van der Waals surface area contributed by atoms with Gasteiger partial charge < -0.3 is 0 Å². The van der Waals surface area contributed by atoms with E-state index in [2.05, 4.69) is 151 Å². The van der Waals surface area contributed by atoms with E-state index in [0.717, 1.165) is 39.7 Å². The van der Waals surface area contributed by atoms with Gasteiger partial charge in [0.1, 0.15) is 0 Å². The minimum atomic E-state index is 0.399. The molecule has 1 atom stereocenters. The Morgan fingerprint density at radius 3 is 2.08 bits per heavy atom. The maximum atomic E-state index is 4.94. The van der Waals surface area contributed by atoms with Crippen LogP contribution in [0.1, 0.15) is 12.0 Å². The third-order valence-electron chi connectivity index (χ3n) is 10.5. The summed E-state index contributed by atoms with van der Waals surface area (Å²) in [6.07, 6.45) is 18.5. The van der Waals surface area contributed by atoms with Gasteiger partial charge in [0, 0.05) is 34.8 Å². The topological polar surface area (TPSA) is 25.8 Å². The van der Waals surface area contributed by atoms with E-state index >= 15 is 0 Å². The summed E-state index contributed by atoms with van der Waals surface area (Å²) in [5.41, 5.74) is 11.8. The molecular weight excluding hydrogens is 605 g/mol. The Morgan fingerprint density at radius 2 is 1.20 bits per heavy atom. The second kappa shape index (κ2) is 11.6. The van der Waals surface area contributed by atoms with Crippen LogP contribution in [0.15, 0.2) is 182 Å². The van der Waals surface area contributed by atoms with Crippen LogP contribution in [-0.4, -0.2) is 9.97 Å². The number of benzene rings is 6. The monoisotopic (exact) mass is 636 g/mol. The molecular formula is C48H32N2. The van der Waals surface area contributed by atoms with Crippen LogP contribution in [0, 0.1) is 5.92 Å². The summed E-state index contributed by atoms with van der Waals surface area (Å²) in [5.74, 6) is 0.399. The summed E-state index contributed by atoms with van der Waals surface area (Å²) in [5, 5.41) is 8.71. The number of nitrogens with zero attached hydrogens (tertiary/aromatic N) is 2. The molecule has 0 spiro atoms. The molecule has 0 saturated carbocycles. The van der Waals surface area contributed by atoms with Gasteiger partial charge in [-0.2, -0.15) is 0 Å². The summed E-state index contributed by atoms with van der Waals surface area (Å²) in [4.78, 5) is 9.61. The van der Waals surface area contributed by atoms with Crippen LogP contribution in [0.25, 0.3) is 82.3 Å². The van der Waals surface area contributed by atoms with Gasteiger partial charge in [-0.3, -0.25) is 9.97 Å². The lowest BCUT2D eigenvalue weighted by atomic mass is 9.78. The second-order valence-electron chi connectivity index (χ2n) is 13.4. The van der Waals surface area contributed by atoms with Crippen molar-refractivity contribution < 1.29 is 0 Å². The fraction of sp³-hybridized carbons (Fsp3) is 0.0417. The van der Waals surface area contributed by atoms with Gasteiger partial charge in [0.2, 0.25) is 0 Å². The molecule has 2 aliphatic carbocycles. The minimum absolute atomic E-state index is 0.399. The number of allylic oxidation sites excluding steroid dienone is 8. The largest absolute Gasteiger partial charge is 0.256 e. The lowest BCUT2D eigenvalue weighted by Gasteiger charge is -2.25. The highest BCUT2D eigenvalue weighted by molar-refractivity contribution is 6.20. The first-order chi connectivity index (χ1) is 24.8. The van der Waals surface area contributed by atoms with Gasteiger partial charge in [-0.25, -0.2) is 0 Å². The first-order valence-corrected chi connectivity index (χ1v) is 17.3. The van der Waals surface area contributed by atoms with Crippen LogP contribution < -0.4 is 0 Å². The average Bonchev–Trinajstić information content (AvgIpc) is 3.19. The number of aromatic nitrogens is 2. The maximum Gasteiger partial charge on any atom is 0.0718 e. The van der Waals surface area contributed by atoms with E-state index in [0.29, 0.717) is 5.92 Å². The third kappa shape index (κ3) is 4.80. The molecule has 0 aliphatic heterocycles. The number of hydrogen-bond acceptors (Lipinski definition) is 2. The molecule has 0 fully saturated rings. The molecule has 0 radical (unpaired) electrons. The molecule has 0 bridgehead atoms. The van der Waals surface area contributed by atoms with E-state index in [1.165, 1.54) is 60.2 Å². The molecule has 0 N–H and O–H groups in total. The van der Waals surface area contributed by atoms with E-state index in [1.807, 2.05) is 30.6 Å². The van der Waals surface area contributed by atoms with Gasteiger partial charge in [0.05, 0.1) is 11.2 Å². The zero-order valence-corrected chi connectivity index (χ0v) is 27.4. The van der Waals surface area contributed by atoms with Crippen molar-refractivity contribution in [2.75, 3.05) is 0 Å². The normalized spacial score (nSPS) is 15.4. The van der Waals surface area contributed by atoms with E-state index in [-0.39, 0.29) is 0 Å². The Hall–Kier alpha value is -6.38. The Morgan fingerprint density at radius 1 is 0.480 bits per heavy atom. The molecule has 0 amide bonds. The molecule has 2 heteroatoms. The Balaban J connectivity index is 1.18. The molecule has 2 aromatic heterocycles. The van der Waals surface area contributed by atoms with Gasteiger partial charge in [-0.05, 0) is 102 Å². The number of para-hydroxylation sites is 1. The number of pyridine rings is 2. The van der Waals surface area contributed by atoms with Gasteiger partial charge in [-0.15, -0.1) is 0 Å². The average molecular weight is 637 g/mol. The van der Waals surface area contributed by atoms with Crippen molar-refractivity contribution in [2.45, 2.75) is 6.42 Å². The van der Waals surface area contributed by atoms with Crippen molar-refractivity contribution in [3.63, 3.8) is 0 Å². The minimum Gasteiger partial charge on any atom is -0.256 e. The van der Waals surface area contributed by atoms with Crippen LogP contribution in [0.2, 0.25) is 0 Å². The lowest BCUT2D eigenvalue weighted by molar-refractivity contribution is 0.794. The first kappa shape index (κ1) is 28.6. The van der Waals surface area contributed by atoms with Crippen LogP contribution in [0.5, 0.6) is 0 Å². The zero-order chi connectivity index (χ0) is 33.0. The van der Waals surface area contributed by atoms with Crippen molar-refractivity contribution in [3.8, 4) is 33.5 Å². The predicted octanol–water partition coefficient (Wildman–Crippen LogP) is 12.5. The molecule has 234 valence electrons. The molecule has 10 rings (SSSR count). The fourth-order valence-corrected chi connectivity index (χ4v) is 7.96. The Bertz CT molecular complexity index is 2780. The van der Waals surface area contributed by atoms with Crippen molar-refractivity contribution in [1.29, 1.82) is 0 Å². The molecule has 8 aromatic rings. The third-order valence-corrected chi connectivity index (χ3v) is 10.5. The smallest absolute Gasteiger partial charge is 0.0718 e. The predicted molar refractivity (Wildman–Crippen MR) is 211 cm³/mol. The van der Waals surface area contributed by atoms with Crippen LogP contribution in [0.3, 0.4) is 0 Å². The fourth-order valence-electron chi connectivity index (χ4n) is 7.96. The van der Waals surface area contributed by atoms with Crippen LogP contribution in [0.4, 0.5) is 0 Å². The lowest BCUT2D eigenvalue weighted by Crippen LogP contribution is -2.07. The summed E-state index contributed by atoms with van der Waals surface area (Å²) in [7, 11) is 0. The number of hydrogen-bond donors (Lipinski definition) is 0. The quantitative estimate of drug-likeness (QED) is 0.180. The summed E-state index contributed by atoms with van der Waals surface area (Å²) >= 11 is 0. The maximum absolute atomic E-state index is 4.94. The molecule has 6 aromatic carbocycles. The van der Waals surface area contributed by atoms with Gasteiger partial charge in [0.25, 0.3) is 0 Å². The van der Waals surface area contributed by atoms with E-state index in [1.54, 1.807) is 0 Å². The highest BCUT2D eigenvalue weighted by Gasteiger charge is 2.23. The zero-order valence-electron chi connectivity index (χ0n) is 27.4. The summed E-state index contributed by atoms with van der Waals surface area (Å²) in [6.45, 7) is 0. The molecule has 2 nitrogen and oxygen atoms in total. The summed E-state index contributed by atoms with van der Waals surface area (Å²) in [6, 6.07) is 46.2.